The minimum atomic E-state index is -0.424. The van der Waals surface area contributed by atoms with Crippen LogP contribution in [0.2, 0.25) is 0 Å². The van der Waals surface area contributed by atoms with Crippen molar-refractivity contribution in [3.8, 4) is 0 Å². The van der Waals surface area contributed by atoms with Crippen molar-refractivity contribution in [2.45, 2.75) is 71.7 Å². The first-order valence-corrected chi connectivity index (χ1v) is 8.77. The molecule has 1 aromatic rings. The van der Waals surface area contributed by atoms with Gasteiger partial charge in [-0.2, -0.15) is 0 Å². The maximum absolute atomic E-state index is 10.3. The summed E-state index contributed by atoms with van der Waals surface area (Å²) in [5.41, 5.74) is 1.91. The van der Waals surface area contributed by atoms with Gasteiger partial charge in [-0.25, -0.2) is 4.98 Å². The Balaban J connectivity index is 1.72. The van der Waals surface area contributed by atoms with Crippen LogP contribution in [0.3, 0.4) is 0 Å². The Kier molecular flexibility index (Phi) is 5.97. The molecule has 3 nitrogen and oxygen atoms in total. The molecule has 1 aliphatic rings. The van der Waals surface area contributed by atoms with Crippen LogP contribution in [0.1, 0.15) is 57.2 Å². The monoisotopic (exact) mass is 309 g/mol. The van der Waals surface area contributed by atoms with Crippen molar-refractivity contribution in [1.82, 2.24) is 4.98 Å². The van der Waals surface area contributed by atoms with E-state index >= 15 is 0 Å². The molecule has 2 heterocycles. The Morgan fingerprint density at radius 2 is 2.24 bits per heavy atom. The van der Waals surface area contributed by atoms with Gasteiger partial charge in [-0.15, -0.1) is 11.3 Å². The highest BCUT2D eigenvalue weighted by Gasteiger charge is 2.39. The van der Waals surface area contributed by atoms with E-state index in [2.05, 4.69) is 18.8 Å². The van der Waals surface area contributed by atoms with E-state index in [0.29, 0.717) is 12.5 Å². The number of hydrogen-bond donors (Lipinski definition) is 1. The number of rotatable bonds is 8. The zero-order valence-corrected chi connectivity index (χ0v) is 14.3. The van der Waals surface area contributed by atoms with Crippen LogP contribution in [0.25, 0.3) is 6.08 Å². The Bertz CT molecular complexity index is 481. The fourth-order valence-electron chi connectivity index (χ4n) is 2.55. The summed E-state index contributed by atoms with van der Waals surface area (Å²) >= 11 is 1.63. The van der Waals surface area contributed by atoms with Crippen LogP contribution in [0, 0.1) is 12.8 Å². The van der Waals surface area contributed by atoms with Crippen molar-refractivity contribution in [3.63, 3.8) is 0 Å². The van der Waals surface area contributed by atoms with E-state index in [9.17, 15) is 5.11 Å². The number of aromatic nitrogens is 1. The normalized spacial score (nSPS) is 23.6. The molecular weight excluding hydrogens is 282 g/mol. The minimum Gasteiger partial charge on any atom is -0.389 e. The van der Waals surface area contributed by atoms with Crippen molar-refractivity contribution >= 4 is 17.4 Å². The first-order chi connectivity index (χ1) is 9.95. The highest BCUT2D eigenvalue weighted by molar-refractivity contribution is 7.09. The number of aliphatic hydroxyl groups is 1. The number of thiazole rings is 1. The van der Waals surface area contributed by atoms with E-state index in [1.165, 1.54) is 12.8 Å². The molecule has 0 amide bonds. The molecule has 0 aliphatic carbocycles. The molecule has 0 unspecified atom stereocenters. The third-order valence-electron chi connectivity index (χ3n) is 3.95. The SMILES string of the molecule is C/C(=C\c1csc(C)n1)[C@@H](O)C[C@@H]1O[C@@H]1CCCC(C)C. The van der Waals surface area contributed by atoms with E-state index in [0.717, 1.165) is 28.6 Å². The summed E-state index contributed by atoms with van der Waals surface area (Å²) in [6.45, 7) is 8.47. The standard InChI is InChI=1S/C17H27NO2S/c1-11(2)6-5-7-16-17(20-16)9-15(19)12(3)8-14-10-21-13(4)18-14/h8,10-11,15-17,19H,5-7,9H2,1-4H3/b12-8+/t15-,16+,17-/m0/s1. The fourth-order valence-corrected chi connectivity index (χ4v) is 3.12. The summed E-state index contributed by atoms with van der Waals surface area (Å²) in [6.07, 6.45) is 6.48. The van der Waals surface area contributed by atoms with Crippen molar-refractivity contribution in [1.29, 1.82) is 0 Å². The molecule has 0 radical (unpaired) electrons. The highest BCUT2D eigenvalue weighted by atomic mass is 32.1. The van der Waals surface area contributed by atoms with Gasteiger partial charge in [0.25, 0.3) is 0 Å². The summed E-state index contributed by atoms with van der Waals surface area (Å²) in [7, 11) is 0. The number of aryl methyl sites for hydroxylation is 1. The lowest BCUT2D eigenvalue weighted by Crippen LogP contribution is -2.12. The largest absolute Gasteiger partial charge is 0.389 e. The second kappa shape index (κ2) is 7.52. The topological polar surface area (TPSA) is 45.7 Å². The Morgan fingerprint density at radius 3 is 2.86 bits per heavy atom. The average Bonchev–Trinajstić information content (AvgIpc) is 3.00. The van der Waals surface area contributed by atoms with Crippen LogP contribution in [0.15, 0.2) is 11.0 Å². The van der Waals surface area contributed by atoms with Gasteiger partial charge in [0.2, 0.25) is 0 Å². The summed E-state index contributed by atoms with van der Waals surface area (Å²) in [6, 6.07) is 0. The molecule has 0 bridgehead atoms. The van der Waals surface area contributed by atoms with Crippen LogP contribution >= 0.6 is 11.3 Å². The molecule has 4 heteroatoms. The number of nitrogens with zero attached hydrogens (tertiary/aromatic N) is 1. The quantitative estimate of drug-likeness (QED) is 0.732. The maximum Gasteiger partial charge on any atom is 0.0901 e. The Morgan fingerprint density at radius 1 is 1.48 bits per heavy atom. The second-order valence-corrected chi connectivity index (χ2v) is 7.53. The first-order valence-electron chi connectivity index (χ1n) is 7.89. The predicted molar refractivity (Wildman–Crippen MR) is 88.5 cm³/mol. The molecule has 0 aromatic carbocycles. The molecular formula is C17H27NO2S. The van der Waals surface area contributed by atoms with Gasteiger partial charge < -0.3 is 9.84 Å². The summed E-state index contributed by atoms with van der Waals surface area (Å²) < 4.78 is 5.67. The lowest BCUT2D eigenvalue weighted by Gasteiger charge is -2.09. The van der Waals surface area contributed by atoms with E-state index in [1.54, 1.807) is 11.3 Å². The van der Waals surface area contributed by atoms with Gasteiger partial charge >= 0.3 is 0 Å². The molecule has 1 saturated heterocycles. The zero-order chi connectivity index (χ0) is 15.4. The van der Waals surface area contributed by atoms with Crippen LogP contribution in [-0.4, -0.2) is 28.4 Å². The van der Waals surface area contributed by atoms with Crippen molar-refractivity contribution in [2.24, 2.45) is 5.92 Å². The first kappa shape index (κ1) is 16.7. The molecule has 1 aromatic heterocycles. The molecule has 1 aliphatic heterocycles. The molecule has 2 rings (SSSR count). The van der Waals surface area contributed by atoms with E-state index < -0.39 is 6.10 Å². The van der Waals surface area contributed by atoms with Crippen molar-refractivity contribution in [3.05, 3.63) is 21.7 Å². The van der Waals surface area contributed by atoms with E-state index in [1.807, 2.05) is 25.3 Å². The van der Waals surface area contributed by atoms with Crippen LogP contribution in [0.4, 0.5) is 0 Å². The maximum atomic E-state index is 10.3. The van der Waals surface area contributed by atoms with Gasteiger partial charge in [0.1, 0.15) is 0 Å². The third-order valence-corrected chi connectivity index (χ3v) is 4.74. The fraction of sp³-hybridized carbons (Fsp3) is 0.706. The molecule has 3 atom stereocenters. The molecule has 0 spiro atoms. The number of epoxide rings is 1. The van der Waals surface area contributed by atoms with Crippen molar-refractivity contribution < 1.29 is 9.84 Å². The molecule has 0 saturated carbocycles. The lowest BCUT2D eigenvalue weighted by atomic mass is 10.0. The minimum absolute atomic E-state index is 0.243. The lowest BCUT2D eigenvalue weighted by molar-refractivity contribution is 0.186. The van der Waals surface area contributed by atoms with Crippen LogP contribution in [-0.2, 0) is 4.74 Å². The predicted octanol–water partition coefficient (Wildman–Crippen LogP) is 4.20. The van der Waals surface area contributed by atoms with E-state index in [4.69, 9.17) is 4.74 Å². The average molecular weight is 309 g/mol. The Labute approximate surface area is 132 Å². The Hall–Kier alpha value is -0.710. The summed E-state index contributed by atoms with van der Waals surface area (Å²) in [5, 5.41) is 13.3. The van der Waals surface area contributed by atoms with Gasteiger partial charge in [0, 0.05) is 11.8 Å². The van der Waals surface area contributed by atoms with Gasteiger partial charge in [-0.1, -0.05) is 26.7 Å². The molecule has 118 valence electrons. The summed E-state index contributed by atoms with van der Waals surface area (Å²) in [5.74, 6) is 0.763. The molecule has 1 fully saturated rings. The molecule has 1 N–H and O–H groups in total. The highest BCUT2D eigenvalue weighted by Crippen LogP contribution is 2.32. The van der Waals surface area contributed by atoms with E-state index in [-0.39, 0.29) is 6.10 Å². The summed E-state index contributed by atoms with van der Waals surface area (Å²) in [4.78, 5) is 4.40. The number of aliphatic hydroxyl groups excluding tert-OH is 1. The van der Waals surface area contributed by atoms with Gasteiger partial charge in [-0.05, 0) is 37.8 Å². The molecule has 21 heavy (non-hydrogen) atoms. The smallest absolute Gasteiger partial charge is 0.0901 e. The van der Waals surface area contributed by atoms with Crippen LogP contribution in [0.5, 0.6) is 0 Å². The second-order valence-electron chi connectivity index (χ2n) is 6.47. The third kappa shape index (κ3) is 5.53. The number of hydrogen-bond acceptors (Lipinski definition) is 4. The van der Waals surface area contributed by atoms with Crippen molar-refractivity contribution in [2.75, 3.05) is 0 Å². The number of ether oxygens (including phenoxy) is 1. The van der Waals surface area contributed by atoms with Gasteiger partial charge in [0.15, 0.2) is 0 Å². The zero-order valence-electron chi connectivity index (χ0n) is 13.5. The van der Waals surface area contributed by atoms with Crippen LogP contribution < -0.4 is 0 Å². The van der Waals surface area contributed by atoms with Gasteiger partial charge in [-0.3, -0.25) is 0 Å². The van der Waals surface area contributed by atoms with Gasteiger partial charge in [0.05, 0.1) is 29.0 Å².